The van der Waals surface area contributed by atoms with E-state index >= 15 is 0 Å². The zero-order valence-corrected chi connectivity index (χ0v) is 6.04. The zero-order chi connectivity index (χ0) is 7.68. The van der Waals surface area contributed by atoms with E-state index in [1.54, 1.807) is 6.08 Å². The van der Waals surface area contributed by atoms with Gasteiger partial charge in [-0.15, -0.1) is 0 Å². The SMILES string of the molecule is OC1=CCc2ccccc2N1. The molecular weight excluding hydrogens is 138 g/mol. The molecule has 0 fully saturated rings. The lowest BCUT2D eigenvalue weighted by molar-refractivity contribution is 0.415. The van der Waals surface area contributed by atoms with Crippen LogP contribution in [-0.2, 0) is 6.42 Å². The third-order valence-corrected chi connectivity index (χ3v) is 1.80. The third kappa shape index (κ3) is 1.07. The van der Waals surface area contributed by atoms with Gasteiger partial charge in [0.15, 0.2) is 5.88 Å². The van der Waals surface area contributed by atoms with Gasteiger partial charge in [0, 0.05) is 5.69 Å². The number of hydrogen-bond donors (Lipinski definition) is 2. The fourth-order valence-electron chi connectivity index (χ4n) is 1.22. The highest BCUT2D eigenvalue weighted by Crippen LogP contribution is 2.21. The largest absolute Gasteiger partial charge is 0.495 e. The third-order valence-electron chi connectivity index (χ3n) is 1.80. The first-order valence-electron chi connectivity index (χ1n) is 3.60. The highest BCUT2D eigenvalue weighted by Gasteiger charge is 2.06. The number of anilines is 1. The first kappa shape index (κ1) is 6.28. The molecule has 0 amide bonds. The molecule has 2 rings (SSSR count). The van der Waals surface area contributed by atoms with Gasteiger partial charge in [-0.1, -0.05) is 18.2 Å². The topological polar surface area (TPSA) is 32.3 Å². The van der Waals surface area contributed by atoms with E-state index in [-0.39, 0.29) is 5.88 Å². The summed E-state index contributed by atoms with van der Waals surface area (Å²) in [4.78, 5) is 0. The lowest BCUT2D eigenvalue weighted by Crippen LogP contribution is -2.06. The summed E-state index contributed by atoms with van der Waals surface area (Å²) in [7, 11) is 0. The average Bonchev–Trinajstić information content (AvgIpc) is 2.04. The summed E-state index contributed by atoms with van der Waals surface area (Å²) in [5.74, 6) is 0.253. The quantitative estimate of drug-likeness (QED) is 0.588. The normalized spacial score (nSPS) is 14.7. The Kier molecular flexibility index (Phi) is 1.32. The molecule has 0 aliphatic carbocycles. The molecule has 0 bridgehead atoms. The molecule has 0 spiro atoms. The molecule has 0 saturated heterocycles. The average molecular weight is 147 g/mol. The molecule has 1 aliphatic heterocycles. The minimum absolute atomic E-state index is 0.253. The van der Waals surface area contributed by atoms with E-state index in [0.717, 1.165) is 12.1 Å². The number of para-hydroxylation sites is 1. The molecule has 1 heterocycles. The molecule has 1 aromatic rings. The van der Waals surface area contributed by atoms with Crippen molar-refractivity contribution in [2.24, 2.45) is 0 Å². The van der Waals surface area contributed by atoms with Gasteiger partial charge in [-0.3, -0.25) is 0 Å². The maximum atomic E-state index is 9.11. The van der Waals surface area contributed by atoms with E-state index in [2.05, 4.69) is 5.32 Å². The van der Waals surface area contributed by atoms with Crippen LogP contribution in [0.15, 0.2) is 36.2 Å². The van der Waals surface area contributed by atoms with Crippen LogP contribution in [0, 0.1) is 0 Å². The number of rotatable bonds is 0. The first-order valence-corrected chi connectivity index (χ1v) is 3.60. The molecule has 56 valence electrons. The Morgan fingerprint density at radius 1 is 1.27 bits per heavy atom. The van der Waals surface area contributed by atoms with Gasteiger partial charge in [0.05, 0.1) is 0 Å². The van der Waals surface area contributed by atoms with Gasteiger partial charge >= 0.3 is 0 Å². The van der Waals surface area contributed by atoms with Gasteiger partial charge in [0.1, 0.15) is 0 Å². The van der Waals surface area contributed by atoms with Crippen LogP contribution >= 0.6 is 0 Å². The highest BCUT2D eigenvalue weighted by atomic mass is 16.3. The predicted molar refractivity (Wildman–Crippen MR) is 44.5 cm³/mol. The van der Waals surface area contributed by atoms with Crippen molar-refractivity contribution in [1.29, 1.82) is 0 Å². The lowest BCUT2D eigenvalue weighted by atomic mass is 10.1. The van der Waals surface area contributed by atoms with Crippen LogP contribution in [0.2, 0.25) is 0 Å². The molecule has 1 aliphatic rings. The molecule has 11 heavy (non-hydrogen) atoms. The number of allylic oxidation sites excluding steroid dienone is 1. The van der Waals surface area contributed by atoms with Gasteiger partial charge in [0.25, 0.3) is 0 Å². The molecule has 0 atom stereocenters. The Morgan fingerprint density at radius 2 is 2.09 bits per heavy atom. The Morgan fingerprint density at radius 3 is 3.00 bits per heavy atom. The van der Waals surface area contributed by atoms with Crippen molar-refractivity contribution in [2.75, 3.05) is 5.32 Å². The fraction of sp³-hybridized carbons (Fsp3) is 0.111. The van der Waals surface area contributed by atoms with Crippen LogP contribution in [-0.4, -0.2) is 5.11 Å². The van der Waals surface area contributed by atoms with Crippen molar-refractivity contribution in [3.63, 3.8) is 0 Å². The summed E-state index contributed by atoms with van der Waals surface area (Å²) in [6.45, 7) is 0. The van der Waals surface area contributed by atoms with Crippen LogP contribution in [0.25, 0.3) is 0 Å². The second-order valence-electron chi connectivity index (χ2n) is 2.58. The molecule has 0 aromatic heterocycles. The molecule has 2 nitrogen and oxygen atoms in total. The summed E-state index contributed by atoms with van der Waals surface area (Å²) < 4.78 is 0. The monoisotopic (exact) mass is 147 g/mol. The number of fused-ring (bicyclic) bond motifs is 1. The number of hydrogen-bond acceptors (Lipinski definition) is 2. The van der Waals surface area contributed by atoms with Crippen molar-refractivity contribution in [3.8, 4) is 0 Å². The minimum Gasteiger partial charge on any atom is -0.495 e. The minimum atomic E-state index is 0.253. The van der Waals surface area contributed by atoms with E-state index in [9.17, 15) is 0 Å². The maximum absolute atomic E-state index is 9.11. The van der Waals surface area contributed by atoms with E-state index < -0.39 is 0 Å². The fourth-order valence-corrected chi connectivity index (χ4v) is 1.22. The van der Waals surface area contributed by atoms with Crippen molar-refractivity contribution in [2.45, 2.75) is 6.42 Å². The molecular formula is C9H9NO. The first-order chi connectivity index (χ1) is 5.36. The van der Waals surface area contributed by atoms with Gasteiger partial charge < -0.3 is 10.4 Å². The van der Waals surface area contributed by atoms with Gasteiger partial charge in [-0.25, -0.2) is 0 Å². The van der Waals surface area contributed by atoms with Crippen LogP contribution in [0.5, 0.6) is 0 Å². The summed E-state index contributed by atoms with van der Waals surface area (Å²) >= 11 is 0. The number of nitrogens with one attached hydrogen (secondary N) is 1. The number of aliphatic hydroxyl groups is 1. The van der Waals surface area contributed by atoms with Gasteiger partial charge in [-0.2, -0.15) is 0 Å². The van der Waals surface area contributed by atoms with Crippen molar-refractivity contribution < 1.29 is 5.11 Å². The molecule has 0 saturated carbocycles. The standard InChI is InChI=1S/C9H9NO/c11-9-6-5-7-3-1-2-4-8(7)10-9/h1-4,6,10-11H,5H2. The maximum Gasteiger partial charge on any atom is 0.184 e. The molecule has 2 N–H and O–H groups in total. The van der Waals surface area contributed by atoms with E-state index in [4.69, 9.17) is 5.11 Å². The smallest absolute Gasteiger partial charge is 0.184 e. The van der Waals surface area contributed by atoms with Crippen molar-refractivity contribution in [1.82, 2.24) is 0 Å². The molecule has 0 radical (unpaired) electrons. The van der Waals surface area contributed by atoms with Crippen molar-refractivity contribution in [3.05, 3.63) is 41.8 Å². The second-order valence-corrected chi connectivity index (χ2v) is 2.58. The summed E-state index contributed by atoms with van der Waals surface area (Å²) in [6, 6.07) is 7.95. The van der Waals surface area contributed by atoms with Crippen molar-refractivity contribution >= 4 is 5.69 Å². The van der Waals surface area contributed by atoms with Crippen LogP contribution in [0.1, 0.15) is 5.56 Å². The second kappa shape index (κ2) is 2.31. The van der Waals surface area contributed by atoms with E-state index in [1.807, 2.05) is 24.3 Å². The molecule has 1 aromatic carbocycles. The van der Waals surface area contributed by atoms with E-state index in [0.29, 0.717) is 0 Å². The summed E-state index contributed by atoms with van der Waals surface area (Å²) in [5.41, 5.74) is 2.23. The summed E-state index contributed by atoms with van der Waals surface area (Å²) in [6.07, 6.45) is 2.58. The van der Waals surface area contributed by atoms with Crippen LogP contribution in [0.4, 0.5) is 5.69 Å². The highest BCUT2D eigenvalue weighted by molar-refractivity contribution is 5.57. The number of benzene rings is 1. The Balaban J connectivity index is 2.42. The molecule has 2 heteroatoms. The Labute approximate surface area is 65.2 Å². The molecule has 0 unspecified atom stereocenters. The lowest BCUT2D eigenvalue weighted by Gasteiger charge is -2.14. The predicted octanol–water partition coefficient (Wildman–Crippen LogP) is 2.05. The van der Waals surface area contributed by atoms with Crippen LogP contribution < -0.4 is 5.32 Å². The van der Waals surface area contributed by atoms with Gasteiger partial charge in [0.2, 0.25) is 0 Å². The van der Waals surface area contributed by atoms with Gasteiger partial charge in [-0.05, 0) is 24.1 Å². The zero-order valence-electron chi connectivity index (χ0n) is 6.04. The number of aliphatic hydroxyl groups excluding tert-OH is 1. The van der Waals surface area contributed by atoms with Crippen LogP contribution in [0.3, 0.4) is 0 Å². The Hall–Kier alpha value is -1.44. The summed E-state index contributed by atoms with van der Waals surface area (Å²) in [5, 5.41) is 12.0. The van der Waals surface area contributed by atoms with E-state index in [1.165, 1.54) is 5.56 Å². The Bertz CT molecular complexity index is 304.